The number of halogens is 5. The van der Waals surface area contributed by atoms with Crippen LogP contribution >= 0.6 is 0 Å². The van der Waals surface area contributed by atoms with E-state index in [2.05, 4.69) is 9.97 Å². The molecular formula is C20H27F5N2O. The molecule has 0 spiro atoms. The standard InChI is InChI=1S/C10H12F3N.C9H11F2NO.CH4/c1-6(2)8-5-14-7(3)4-9(8)10(11,12)13;1-5(2)7-4-12-8(13)3-6(7)9(10)11;/h4-6H,1-3H3;3-5,9H,1-2H3,(H,12,13);1H4. The molecule has 0 amide bonds. The molecule has 2 aromatic heterocycles. The summed E-state index contributed by atoms with van der Waals surface area (Å²) in [5, 5.41) is 0. The number of H-pyrrole nitrogens is 1. The number of nitrogens with zero attached hydrogens (tertiary/aromatic N) is 1. The van der Waals surface area contributed by atoms with Crippen LogP contribution in [0.15, 0.2) is 29.3 Å². The van der Waals surface area contributed by atoms with Gasteiger partial charge in [0.25, 0.3) is 6.43 Å². The number of hydrogen-bond acceptors (Lipinski definition) is 2. The second-order valence-electron chi connectivity index (χ2n) is 6.73. The normalized spacial score (nSPS) is 11.3. The molecule has 158 valence electrons. The van der Waals surface area contributed by atoms with Crippen LogP contribution in [0.3, 0.4) is 0 Å². The molecule has 2 rings (SSSR count). The number of hydrogen-bond donors (Lipinski definition) is 1. The Hall–Kier alpha value is -2.25. The van der Waals surface area contributed by atoms with E-state index in [0.717, 1.165) is 12.1 Å². The van der Waals surface area contributed by atoms with E-state index < -0.39 is 23.7 Å². The lowest BCUT2D eigenvalue weighted by molar-refractivity contribution is -0.138. The van der Waals surface area contributed by atoms with E-state index >= 15 is 0 Å². The predicted molar refractivity (Wildman–Crippen MR) is 101 cm³/mol. The summed E-state index contributed by atoms with van der Waals surface area (Å²) in [4.78, 5) is 17.0. The first kappa shape index (κ1) is 25.8. The fourth-order valence-electron chi connectivity index (χ4n) is 2.46. The van der Waals surface area contributed by atoms with Crippen molar-refractivity contribution in [3.05, 3.63) is 62.8 Å². The fraction of sp³-hybridized carbons (Fsp3) is 0.500. The summed E-state index contributed by atoms with van der Waals surface area (Å²) in [7, 11) is 0. The van der Waals surface area contributed by atoms with E-state index in [1.165, 1.54) is 12.4 Å². The summed E-state index contributed by atoms with van der Waals surface area (Å²) in [6.45, 7) is 8.61. The summed E-state index contributed by atoms with van der Waals surface area (Å²) in [6.07, 6.45) is -4.20. The van der Waals surface area contributed by atoms with Crippen LogP contribution in [-0.4, -0.2) is 9.97 Å². The van der Waals surface area contributed by atoms with Crippen LogP contribution in [0.25, 0.3) is 0 Å². The van der Waals surface area contributed by atoms with Crippen LogP contribution < -0.4 is 5.56 Å². The van der Waals surface area contributed by atoms with Gasteiger partial charge in [-0.05, 0) is 36.0 Å². The Morgan fingerprint density at radius 2 is 1.50 bits per heavy atom. The highest BCUT2D eigenvalue weighted by Crippen LogP contribution is 2.35. The average molecular weight is 406 g/mol. The van der Waals surface area contributed by atoms with Crippen molar-refractivity contribution in [3.8, 4) is 0 Å². The van der Waals surface area contributed by atoms with Crippen molar-refractivity contribution in [1.82, 2.24) is 9.97 Å². The molecule has 0 saturated heterocycles. The van der Waals surface area contributed by atoms with Crippen molar-refractivity contribution in [2.75, 3.05) is 0 Å². The Morgan fingerprint density at radius 1 is 0.964 bits per heavy atom. The molecule has 0 aliphatic carbocycles. The van der Waals surface area contributed by atoms with E-state index in [9.17, 15) is 26.7 Å². The van der Waals surface area contributed by atoms with Gasteiger partial charge < -0.3 is 4.98 Å². The predicted octanol–water partition coefficient (Wildman–Crippen LogP) is 6.60. The second-order valence-corrected chi connectivity index (χ2v) is 6.73. The maximum absolute atomic E-state index is 12.6. The minimum absolute atomic E-state index is 0. The van der Waals surface area contributed by atoms with E-state index in [4.69, 9.17) is 0 Å². The molecule has 1 N–H and O–H groups in total. The van der Waals surface area contributed by atoms with Crippen LogP contribution in [-0.2, 0) is 6.18 Å². The van der Waals surface area contributed by atoms with Gasteiger partial charge in [0.05, 0.1) is 5.56 Å². The van der Waals surface area contributed by atoms with Gasteiger partial charge in [-0.2, -0.15) is 13.2 Å². The Bertz CT molecular complexity index is 811. The molecule has 0 saturated carbocycles. The van der Waals surface area contributed by atoms with E-state index in [0.29, 0.717) is 11.3 Å². The van der Waals surface area contributed by atoms with E-state index in [1.807, 2.05) is 0 Å². The van der Waals surface area contributed by atoms with Crippen molar-refractivity contribution in [3.63, 3.8) is 0 Å². The third-order valence-corrected chi connectivity index (χ3v) is 3.85. The average Bonchev–Trinajstić information content (AvgIpc) is 2.53. The molecule has 0 aromatic carbocycles. The van der Waals surface area contributed by atoms with Gasteiger partial charge in [-0.25, -0.2) is 8.78 Å². The zero-order valence-corrected chi connectivity index (χ0v) is 15.8. The van der Waals surface area contributed by atoms with E-state index in [-0.39, 0.29) is 30.4 Å². The number of aryl methyl sites for hydroxylation is 1. The molecule has 2 heterocycles. The molecule has 0 aliphatic rings. The smallest absolute Gasteiger partial charge is 0.329 e. The van der Waals surface area contributed by atoms with Crippen molar-refractivity contribution in [2.24, 2.45) is 0 Å². The zero-order chi connectivity index (χ0) is 20.9. The summed E-state index contributed by atoms with van der Waals surface area (Å²) in [5.41, 5.74) is -0.0853. The Labute approximate surface area is 162 Å². The molecule has 0 bridgehead atoms. The molecule has 3 nitrogen and oxygen atoms in total. The maximum atomic E-state index is 12.6. The van der Waals surface area contributed by atoms with Crippen LogP contribution in [0.5, 0.6) is 0 Å². The number of alkyl halides is 5. The summed E-state index contributed by atoms with van der Waals surface area (Å²) in [6, 6.07) is 2.05. The first-order valence-electron chi connectivity index (χ1n) is 8.39. The zero-order valence-electron chi connectivity index (χ0n) is 15.8. The summed E-state index contributed by atoms with van der Waals surface area (Å²) in [5.74, 6) is -0.180. The minimum atomic E-state index is -4.28. The third kappa shape index (κ3) is 7.05. The van der Waals surface area contributed by atoms with E-state index in [1.54, 1.807) is 34.6 Å². The van der Waals surface area contributed by atoms with Crippen molar-refractivity contribution in [1.29, 1.82) is 0 Å². The second kappa shape index (κ2) is 10.3. The van der Waals surface area contributed by atoms with Crippen molar-refractivity contribution in [2.45, 2.75) is 66.5 Å². The first-order valence-corrected chi connectivity index (χ1v) is 8.39. The van der Waals surface area contributed by atoms with Crippen LogP contribution in [0, 0.1) is 6.92 Å². The third-order valence-electron chi connectivity index (χ3n) is 3.85. The molecular weight excluding hydrogens is 379 g/mol. The SMILES string of the molecule is C.CC(C)c1c[nH]c(=O)cc1C(F)F.Cc1cc(C(F)(F)F)c(C(C)C)cn1. The molecule has 8 heteroatoms. The molecule has 0 aliphatic heterocycles. The lowest BCUT2D eigenvalue weighted by Crippen LogP contribution is -2.11. The number of rotatable bonds is 3. The Balaban J connectivity index is 0.000000504. The maximum Gasteiger partial charge on any atom is 0.416 e. The van der Waals surface area contributed by atoms with Gasteiger partial charge in [0.2, 0.25) is 5.56 Å². The quantitative estimate of drug-likeness (QED) is 0.584. The minimum Gasteiger partial charge on any atom is -0.329 e. The van der Waals surface area contributed by atoms with Crippen molar-refractivity contribution < 1.29 is 22.0 Å². The van der Waals surface area contributed by atoms with Crippen LogP contribution in [0.2, 0.25) is 0 Å². The van der Waals surface area contributed by atoms with Gasteiger partial charge in [-0.1, -0.05) is 35.1 Å². The molecule has 0 radical (unpaired) electrons. The van der Waals surface area contributed by atoms with Gasteiger partial charge in [0, 0.05) is 29.7 Å². The highest BCUT2D eigenvalue weighted by Gasteiger charge is 2.34. The van der Waals surface area contributed by atoms with Gasteiger partial charge >= 0.3 is 6.18 Å². The van der Waals surface area contributed by atoms with Crippen LogP contribution in [0.4, 0.5) is 22.0 Å². The molecule has 0 unspecified atom stereocenters. The van der Waals surface area contributed by atoms with Gasteiger partial charge in [-0.3, -0.25) is 9.78 Å². The topological polar surface area (TPSA) is 45.8 Å². The lowest BCUT2D eigenvalue weighted by Gasteiger charge is -2.15. The molecule has 0 atom stereocenters. The molecule has 28 heavy (non-hydrogen) atoms. The number of aromatic amines is 1. The number of nitrogens with one attached hydrogen (secondary N) is 1. The molecule has 0 fully saturated rings. The first-order chi connectivity index (χ1) is 12.3. The van der Waals surface area contributed by atoms with Crippen LogP contribution in [0.1, 0.15) is 81.3 Å². The van der Waals surface area contributed by atoms with Gasteiger partial charge in [0.15, 0.2) is 0 Å². The summed E-state index contributed by atoms with van der Waals surface area (Å²) >= 11 is 0. The largest absolute Gasteiger partial charge is 0.416 e. The lowest BCUT2D eigenvalue weighted by atomic mass is 9.98. The van der Waals surface area contributed by atoms with Gasteiger partial charge in [-0.15, -0.1) is 0 Å². The Morgan fingerprint density at radius 3 is 1.93 bits per heavy atom. The fourth-order valence-corrected chi connectivity index (χ4v) is 2.46. The number of pyridine rings is 2. The van der Waals surface area contributed by atoms with Gasteiger partial charge in [0.1, 0.15) is 0 Å². The number of aromatic nitrogens is 2. The summed E-state index contributed by atoms with van der Waals surface area (Å²) < 4.78 is 62.5. The highest BCUT2D eigenvalue weighted by atomic mass is 19.4. The van der Waals surface area contributed by atoms with Crippen molar-refractivity contribution >= 4 is 0 Å². The molecule has 2 aromatic rings. The highest BCUT2D eigenvalue weighted by molar-refractivity contribution is 5.31. The monoisotopic (exact) mass is 406 g/mol. The Kier molecular flexibility index (Phi) is 9.51.